The summed E-state index contributed by atoms with van der Waals surface area (Å²) in [5.41, 5.74) is 0.513. The van der Waals surface area contributed by atoms with Crippen LogP contribution in [0.5, 0.6) is 0 Å². The molecule has 2 aliphatic rings. The third-order valence-corrected chi connectivity index (χ3v) is 3.81. The van der Waals surface area contributed by atoms with E-state index in [1.165, 1.54) is 19.3 Å². The summed E-state index contributed by atoms with van der Waals surface area (Å²) in [5.74, 6) is 0.308. The predicted octanol–water partition coefficient (Wildman–Crippen LogP) is 2.46. The van der Waals surface area contributed by atoms with Crippen molar-refractivity contribution in [3.8, 4) is 6.07 Å². The van der Waals surface area contributed by atoms with E-state index in [-0.39, 0.29) is 0 Å². The lowest BCUT2D eigenvalue weighted by Gasteiger charge is -2.26. The Morgan fingerprint density at radius 1 is 1.36 bits per heavy atom. The maximum absolute atomic E-state index is 8.88. The van der Waals surface area contributed by atoms with Gasteiger partial charge in [-0.15, -0.1) is 0 Å². The van der Waals surface area contributed by atoms with Crippen LogP contribution in [0.15, 0.2) is 0 Å². The molecule has 0 bridgehead atoms. The Balaban J connectivity index is 1.79. The summed E-state index contributed by atoms with van der Waals surface area (Å²) in [5, 5.41) is 12.6. The van der Waals surface area contributed by atoms with Crippen molar-refractivity contribution < 1.29 is 0 Å². The molecule has 0 aliphatic heterocycles. The molecule has 78 valence electrons. The number of hydrogen-bond acceptors (Lipinski definition) is 2. The Kier molecular flexibility index (Phi) is 2.53. The topological polar surface area (TPSA) is 35.8 Å². The number of nitrogens with zero attached hydrogens (tertiary/aromatic N) is 1. The first kappa shape index (κ1) is 9.98. The third-order valence-electron chi connectivity index (χ3n) is 3.81. The second-order valence-corrected chi connectivity index (χ2v) is 5.60. The number of hydrogen-bond donors (Lipinski definition) is 1. The lowest BCUT2D eigenvalue weighted by molar-refractivity contribution is 0.316. The first-order valence-electron chi connectivity index (χ1n) is 5.77. The van der Waals surface area contributed by atoms with Crippen LogP contribution in [0.1, 0.15) is 46.0 Å². The first-order valence-corrected chi connectivity index (χ1v) is 5.77. The van der Waals surface area contributed by atoms with Gasteiger partial charge in [-0.05, 0) is 31.1 Å². The van der Waals surface area contributed by atoms with Crippen LogP contribution in [0.2, 0.25) is 0 Å². The van der Waals surface area contributed by atoms with Gasteiger partial charge in [-0.3, -0.25) is 0 Å². The van der Waals surface area contributed by atoms with Gasteiger partial charge in [0.25, 0.3) is 0 Å². The van der Waals surface area contributed by atoms with E-state index in [2.05, 4.69) is 25.2 Å². The lowest BCUT2D eigenvalue weighted by atomic mass is 9.86. The molecule has 3 atom stereocenters. The van der Waals surface area contributed by atoms with E-state index in [4.69, 9.17) is 5.26 Å². The zero-order valence-corrected chi connectivity index (χ0v) is 9.21. The summed E-state index contributed by atoms with van der Waals surface area (Å²) >= 11 is 0. The summed E-state index contributed by atoms with van der Waals surface area (Å²) in [4.78, 5) is 0. The Morgan fingerprint density at radius 2 is 2.07 bits per heavy atom. The fourth-order valence-corrected chi connectivity index (χ4v) is 2.49. The molecule has 2 fully saturated rings. The van der Waals surface area contributed by atoms with Crippen molar-refractivity contribution in [3.05, 3.63) is 0 Å². The van der Waals surface area contributed by atoms with E-state index in [1.54, 1.807) is 0 Å². The van der Waals surface area contributed by atoms with Gasteiger partial charge in [0.1, 0.15) is 0 Å². The quantitative estimate of drug-likeness (QED) is 0.729. The monoisotopic (exact) mass is 192 g/mol. The normalized spacial score (nSPS) is 40.2. The van der Waals surface area contributed by atoms with Crippen LogP contribution in [-0.4, -0.2) is 12.1 Å². The molecule has 0 saturated heterocycles. The predicted molar refractivity (Wildman–Crippen MR) is 56.7 cm³/mol. The second kappa shape index (κ2) is 3.55. The highest BCUT2D eigenvalue weighted by molar-refractivity contribution is 5.03. The van der Waals surface area contributed by atoms with E-state index in [0.29, 0.717) is 23.4 Å². The number of nitriles is 1. The summed E-state index contributed by atoms with van der Waals surface area (Å²) in [6.07, 6.45) is 5.99. The van der Waals surface area contributed by atoms with Crippen molar-refractivity contribution in [1.82, 2.24) is 5.32 Å². The van der Waals surface area contributed by atoms with Crippen LogP contribution in [0.25, 0.3) is 0 Å². The molecule has 14 heavy (non-hydrogen) atoms. The van der Waals surface area contributed by atoms with Crippen molar-refractivity contribution in [1.29, 1.82) is 5.26 Å². The summed E-state index contributed by atoms with van der Waals surface area (Å²) in [6, 6.07) is 3.73. The Morgan fingerprint density at radius 3 is 2.64 bits per heavy atom. The fraction of sp³-hybridized carbons (Fsp3) is 0.917. The molecule has 1 N–H and O–H groups in total. The van der Waals surface area contributed by atoms with Crippen LogP contribution in [0.3, 0.4) is 0 Å². The van der Waals surface area contributed by atoms with Gasteiger partial charge in [0.2, 0.25) is 0 Å². The number of nitrogens with one attached hydrogen (secondary N) is 1. The van der Waals surface area contributed by atoms with Gasteiger partial charge in [0.15, 0.2) is 0 Å². The SMILES string of the molecule is CC1(C)CC1NC1CCCC(C#N)C1. The van der Waals surface area contributed by atoms with Gasteiger partial charge in [0.05, 0.1) is 6.07 Å². The molecule has 3 unspecified atom stereocenters. The molecule has 0 heterocycles. The van der Waals surface area contributed by atoms with E-state index < -0.39 is 0 Å². The van der Waals surface area contributed by atoms with Crippen LogP contribution in [0.4, 0.5) is 0 Å². The standard InChI is InChI=1S/C12H20N2/c1-12(2)7-11(12)14-10-5-3-4-9(6-10)8-13/h9-11,14H,3-7H2,1-2H3. The minimum atomic E-state index is 0.308. The van der Waals surface area contributed by atoms with Crippen LogP contribution >= 0.6 is 0 Å². The van der Waals surface area contributed by atoms with E-state index in [0.717, 1.165) is 12.8 Å². The highest BCUT2D eigenvalue weighted by Crippen LogP contribution is 2.45. The molecule has 2 aliphatic carbocycles. The van der Waals surface area contributed by atoms with E-state index >= 15 is 0 Å². The van der Waals surface area contributed by atoms with Gasteiger partial charge < -0.3 is 5.32 Å². The van der Waals surface area contributed by atoms with Crippen LogP contribution < -0.4 is 5.32 Å². The average molecular weight is 192 g/mol. The summed E-state index contributed by atoms with van der Waals surface area (Å²) in [7, 11) is 0. The largest absolute Gasteiger partial charge is 0.311 e. The maximum Gasteiger partial charge on any atom is 0.0656 e. The average Bonchev–Trinajstić information content (AvgIpc) is 2.74. The minimum Gasteiger partial charge on any atom is -0.311 e. The molecular weight excluding hydrogens is 172 g/mol. The van der Waals surface area contributed by atoms with Crippen LogP contribution in [0, 0.1) is 22.7 Å². The molecule has 2 nitrogen and oxygen atoms in total. The summed E-state index contributed by atoms with van der Waals surface area (Å²) < 4.78 is 0. The zero-order valence-electron chi connectivity index (χ0n) is 9.21. The zero-order chi connectivity index (χ0) is 10.2. The van der Waals surface area contributed by atoms with Gasteiger partial charge in [-0.2, -0.15) is 5.26 Å². The van der Waals surface area contributed by atoms with Crippen molar-refractivity contribution in [2.24, 2.45) is 11.3 Å². The van der Waals surface area contributed by atoms with Gasteiger partial charge in [-0.1, -0.05) is 20.3 Å². The smallest absolute Gasteiger partial charge is 0.0656 e. The van der Waals surface area contributed by atoms with E-state index in [1.807, 2.05) is 0 Å². The van der Waals surface area contributed by atoms with E-state index in [9.17, 15) is 0 Å². The fourth-order valence-electron chi connectivity index (χ4n) is 2.49. The summed E-state index contributed by atoms with van der Waals surface area (Å²) in [6.45, 7) is 4.63. The van der Waals surface area contributed by atoms with Crippen molar-refractivity contribution >= 4 is 0 Å². The highest BCUT2D eigenvalue weighted by atomic mass is 15.0. The molecule has 0 radical (unpaired) electrons. The molecule has 0 aromatic rings. The number of rotatable bonds is 2. The molecule has 2 heteroatoms. The lowest BCUT2D eigenvalue weighted by Crippen LogP contribution is -2.36. The van der Waals surface area contributed by atoms with Gasteiger partial charge in [0, 0.05) is 18.0 Å². The van der Waals surface area contributed by atoms with Crippen LogP contribution in [-0.2, 0) is 0 Å². The molecule has 0 aromatic carbocycles. The van der Waals surface area contributed by atoms with Crippen molar-refractivity contribution in [2.75, 3.05) is 0 Å². The van der Waals surface area contributed by atoms with Crippen molar-refractivity contribution in [2.45, 2.75) is 58.0 Å². The third kappa shape index (κ3) is 2.09. The molecular formula is C12H20N2. The first-order chi connectivity index (χ1) is 6.62. The minimum absolute atomic E-state index is 0.308. The Bertz CT molecular complexity index is 252. The highest BCUT2D eigenvalue weighted by Gasteiger charge is 2.46. The second-order valence-electron chi connectivity index (χ2n) is 5.60. The molecule has 2 rings (SSSR count). The maximum atomic E-state index is 8.88. The molecule has 0 spiro atoms. The van der Waals surface area contributed by atoms with Gasteiger partial charge >= 0.3 is 0 Å². The van der Waals surface area contributed by atoms with Gasteiger partial charge in [-0.25, -0.2) is 0 Å². The van der Waals surface area contributed by atoms with Crippen molar-refractivity contribution in [3.63, 3.8) is 0 Å². The molecule has 0 aromatic heterocycles. The molecule has 0 amide bonds. The Hall–Kier alpha value is -0.550. The molecule has 2 saturated carbocycles. The Labute approximate surface area is 86.7 Å².